The molecule has 2 unspecified atom stereocenters. The van der Waals surface area contributed by atoms with Gasteiger partial charge in [-0.05, 0) is 29.3 Å². The predicted molar refractivity (Wildman–Crippen MR) is 141 cm³/mol. The monoisotopic (exact) mass is 520 g/mol. The average Bonchev–Trinajstić information content (AvgIpc) is 3.38. The maximum Gasteiger partial charge on any atom is 0.410 e. The highest BCUT2D eigenvalue weighted by molar-refractivity contribution is 8.76. The molecule has 3 aromatic rings. The molecule has 0 aliphatic rings. The van der Waals surface area contributed by atoms with Crippen LogP contribution in [0.1, 0.15) is 23.8 Å². The van der Waals surface area contributed by atoms with Crippen molar-refractivity contribution in [2.45, 2.75) is 25.0 Å². The van der Waals surface area contributed by atoms with Crippen molar-refractivity contribution in [2.75, 3.05) is 25.3 Å². The van der Waals surface area contributed by atoms with Gasteiger partial charge in [0, 0.05) is 36.0 Å². The number of carbonyl (C=O) groups excluding carboxylic acids is 1. The molecule has 7 nitrogen and oxygen atoms in total. The molecule has 0 bridgehead atoms. The minimum absolute atomic E-state index is 0.178. The van der Waals surface area contributed by atoms with Crippen LogP contribution >= 0.6 is 32.9 Å². The van der Waals surface area contributed by atoms with Gasteiger partial charge in [-0.15, -0.1) is 11.3 Å². The highest BCUT2D eigenvalue weighted by Gasteiger charge is 2.19. The molecule has 10 heteroatoms. The Kier molecular flexibility index (Phi) is 10.4. The predicted octanol–water partition coefficient (Wildman–Crippen LogP) is 5.62. The van der Waals surface area contributed by atoms with E-state index >= 15 is 0 Å². The van der Waals surface area contributed by atoms with Gasteiger partial charge in [-0.25, -0.2) is 4.79 Å². The number of aliphatic carboxylic acids is 1. The molecule has 2 atom stereocenters. The van der Waals surface area contributed by atoms with E-state index in [-0.39, 0.29) is 12.0 Å². The summed E-state index contributed by atoms with van der Waals surface area (Å²) in [7, 11) is 4.49. The summed E-state index contributed by atoms with van der Waals surface area (Å²) in [6.07, 6.45) is 0.376. The lowest BCUT2D eigenvalue weighted by atomic mass is 10.1. The van der Waals surface area contributed by atoms with Crippen LogP contribution in [0, 0.1) is 0 Å². The van der Waals surface area contributed by atoms with Gasteiger partial charge in [-0.2, -0.15) is 0 Å². The van der Waals surface area contributed by atoms with E-state index in [9.17, 15) is 9.59 Å². The number of rotatable bonds is 13. The summed E-state index contributed by atoms with van der Waals surface area (Å²) in [6.45, 7) is 0.470. The number of nitrogens with two attached hydrogens (primary N) is 1. The number of ether oxygens (including phenoxy) is 2. The maximum absolute atomic E-state index is 12.4. The van der Waals surface area contributed by atoms with Crippen LogP contribution in [0.4, 0.5) is 4.79 Å². The molecule has 0 saturated heterocycles. The first-order valence-corrected chi connectivity index (χ1v) is 14.1. The number of nitrogens with zero attached hydrogens (tertiary/aromatic N) is 1. The molecule has 2 aromatic carbocycles. The van der Waals surface area contributed by atoms with Crippen molar-refractivity contribution in [1.82, 2.24) is 4.90 Å². The van der Waals surface area contributed by atoms with Crippen molar-refractivity contribution in [2.24, 2.45) is 5.73 Å². The molecule has 182 valence electrons. The zero-order chi connectivity index (χ0) is 24.3. The Morgan fingerprint density at radius 2 is 1.88 bits per heavy atom. The second-order valence-electron chi connectivity index (χ2n) is 7.51. The van der Waals surface area contributed by atoms with Crippen molar-refractivity contribution in [3.05, 3.63) is 64.9 Å². The summed E-state index contributed by atoms with van der Waals surface area (Å²) in [4.78, 5) is 25.7. The Hall–Kier alpha value is -2.40. The van der Waals surface area contributed by atoms with Crippen LogP contribution in [0.25, 0.3) is 10.8 Å². The molecule has 0 radical (unpaired) electrons. The first-order chi connectivity index (χ1) is 16.5. The van der Waals surface area contributed by atoms with Gasteiger partial charge in [0.2, 0.25) is 0 Å². The fourth-order valence-electron chi connectivity index (χ4n) is 3.16. The van der Waals surface area contributed by atoms with Crippen molar-refractivity contribution < 1.29 is 24.2 Å². The molecule has 0 fully saturated rings. The molecule has 3 N–H and O–H groups in total. The summed E-state index contributed by atoms with van der Waals surface area (Å²) < 4.78 is 11.7. The Morgan fingerprint density at radius 1 is 1.09 bits per heavy atom. The molecular weight excluding hydrogens is 492 g/mol. The molecule has 3 rings (SSSR count). The summed E-state index contributed by atoms with van der Waals surface area (Å²) in [5, 5.41) is 13.0. The molecule has 34 heavy (non-hydrogen) atoms. The number of carboxylic acid groups (broad SMARTS) is 1. The third-order valence-electron chi connectivity index (χ3n) is 5.06. The summed E-state index contributed by atoms with van der Waals surface area (Å²) in [6, 6.07) is 17.3. The van der Waals surface area contributed by atoms with Gasteiger partial charge < -0.3 is 25.2 Å². The topological polar surface area (TPSA) is 102 Å². The average molecular weight is 521 g/mol. The van der Waals surface area contributed by atoms with Crippen LogP contribution in [0.3, 0.4) is 0 Å². The Balaban J connectivity index is 1.48. The lowest BCUT2D eigenvalue weighted by molar-refractivity contribution is -0.138. The lowest BCUT2D eigenvalue weighted by Crippen LogP contribution is -2.30. The van der Waals surface area contributed by atoms with Crippen molar-refractivity contribution >= 4 is 55.8 Å². The smallest absolute Gasteiger partial charge is 0.410 e. The van der Waals surface area contributed by atoms with Crippen LogP contribution < -0.4 is 10.5 Å². The third kappa shape index (κ3) is 7.83. The lowest BCUT2D eigenvalue weighted by Gasteiger charge is -2.23. The first-order valence-electron chi connectivity index (χ1n) is 10.7. The highest BCUT2D eigenvalue weighted by Crippen LogP contribution is 2.33. The van der Waals surface area contributed by atoms with Gasteiger partial charge in [0.05, 0.1) is 0 Å². The Labute approximate surface area is 211 Å². The van der Waals surface area contributed by atoms with Gasteiger partial charge in [-0.3, -0.25) is 4.79 Å². The summed E-state index contributed by atoms with van der Waals surface area (Å²) in [5.74, 6) is 0.554. The largest absolute Gasteiger partial charge is 0.484 e. The number of fused-ring (bicyclic) bond motifs is 1. The quantitative estimate of drug-likeness (QED) is 0.170. The molecular formula is C24H28N2O5S3. The van der Waals surface area contributed by atoms with E-state index in [1.54, 1.807) is 23.3 Å². The van der Waals surface area contributed by atoms with E-state index in [1.165, 1.54) is 21.6 Å². The Bertz CT molecular complexity index is 1060. The van der Waals surface area contributed by atoms with Crippen LogP contribution in [-0.2, 0) is 9.53 Å². The van der Waals surface area contributed by atoms with Gasteiger partial charge in [0.25, 0.3) is 0 Å². The van der Waals surface area contributed by atoms with Crippen molar-refractivity contribution in [3.63, 3.8) is 0 Å². The van der Waals surface area contributed by atoms with Crippen molar-refractivity contribution in [1.29, 1.82) is 0 Å². The summed E-state index contributed by atoms with van der Waals surface area (Å²) in [5.41, 5.74) is 5.46. The SMILES string of the molecule is CN(CCC(Oc1cccc2ccccc12)c1cccs1)C(=O)OCSSCCC(N)C(=O)O. The molecule has 1 amide bonds. The van der Waals surface area contributed by atoms with Gasteiger partial charge in [0.15, 0.2) is 0 Å². The van der Waals surface area contributed by atoms with E-state index in [0.29, 0.717) is 25.1 Å². The fraction of sp³-hybridized carbons (Fsp3) is 0.333. The number of hydrogen-bond acceptors (Lipinski definition) is 8. The molecule has 0 aliphatic carbocycles. The van der Waals surface area contributed by atoms with Gasteiger partial charge in [-0.1, -0.05) is 64.1 Å². The second-order valence-corrected chi connectivity index (χ2v) is 11.0. The number of carbonyl (C=O) groups is 2. The number of benzene rings is 2. The number of thiophene rings is 1. The van der Waals surface area contributed by atoms with E-state index in [1.807, 2.05) is 47.8 Å². The highest BCUT2D eigenvalue weighted by atomic mass is 33.1. The van der Waals surface area contributed by atoms with Gasteiger partial charge in [0.1, 0.15) is 23.8 Å². The fourth-order valence-corrected chi connectivity index (χ4v) is 5.63. The molecule has 0 spiro atoms. The van der Waals surface area contributed by atoms with Crippen LogP contribution in [-0.4, -0.2) is 53.4 Å². The van der Waals surface area contributed by atoms with Crippen LogP contribution in [0.2, 0.25) is 0 Å². The zero-order valence-corrected chi connectivity index (χ0v) is 21.2. The standard InChI is InChI=1S/C24H28N2O5S3/c1-26(24(29)30-16-34-33-15-12-19(25)23(27)28)13-11-21(22-10-5-14-32-22)31-20-9-4-7-17-6-2-3-8-18(17)20/h2-10,14,19,21H,11-13,15-16,25H2,1H3,(H,27,28). The summed E-state index contributed by atoms with van der Waals surface area (Å²) >= 11 is 1.63. The zero-order valence-electron chi connectivity index (χ0n) is 18.8. The molecule has 0 aliphatic heterocycles. The Morgan fingerprint density at radius 3 is 2.65 bits per heavy atom. The molecule has 1 aromatic heterocycles. The van der Waals surface area contributed by atoms with E-state index in [4.69, 9.17) is 20.3 Å². The van der Waals surface area contributed by atoms with Crippen LogP contribution in [0.5, 0.6) is 5.75 Å². The van der Waals surface area contributed by atoms with Crippen LogP contribution in [0.15, 0.2) is 60.0 Å². The minimum atomic E-state index is -1.01. The second kappa shape index (κ2) is 13.5. The number of hydrogen-bond donors (Lipinski definition) is 2. The van der Waals surface area contributed by atoms with E-state index in [2.05, 4.69) is 12.1 Å². The van der Waals surface area contributed by atoms with Crippen molar-refractivity contribution in [3.8, 4) is 5.75 Å². The molecule has 1 heterocycles. The van der Waals surface area contributed by atoms with E-state index < -0.39 is 18.1 Å². The molecule has 0 saturated carbocycles. The maximum atomic E-state index is 12.4. The first kappa shape index (κ1) is 26.2. The minimum Gasteiger partial charge on any atom is -0.484 e. The van der Waals surface area contributed by atoms with Gasteiger partial charge >= 0.3 is 12.1 Å². The number of carboxylic acids is 1. The third-order valence-corrected chi connectivity index (χ3v) is 8.10. The van der Waals surface area contributed by atoms with E-state index in [0.717, 1.165) is 21.4 Å². The number of amides is 1. The normalized spacial score (nSPS) is 12.8.